The quantitative estimate of drug-likeness (QED) is 0.845. The summed E-state index contributed by atoms with van der Waals surface area (Å²) in [6.07, 6.45) is 0.950. The van der Waals surface area contributed by atoms with Crippen LogP contribution in [0.3, 0.4) is 0 Å². The number of hydrogen-bond acceptors (Lipinski definition) is 2. The standard InChI is InChI=1S/C14H21FN2/c1-3-14(12-7-5-6-8-13(12)15)17(4-2)11-9-16-10-11/h5-8,11,14,16H,3-4,9-10H2,1-2H3. The Labute approximate surface area is 103 Å². The molecule has 1 heterocycles. The van der Waals surface area contributed by atoms with E-state index in [1.54, 1.807) is 12.1 Å². The van der Waals surface area contributed by atoms with Crippen LogP contribution in [-0.4, -0.2) is 30.6 Å². The summed E-state index contributed by atoms with van der Waals surface area (Å²) in [5.41, 5.74) is 0.837. The average Bonchev–Trinajstić information content (AvgIpc) is 2.28. The van der Waals surface area contributed by atoms with Crippen LogP contribution >= 0.6 is 0 Å². The molecule has 0 spiro atoms. The van der Waals surface area contributed by atoms with Crippen molar-refractivity contribution in [2.45, 2.75) is 32.4 Å². The van der Waals surface area contributed by atoms with Gasteiger partial charge in [0.2, 0.25) is 0 Å². The second-order valence-electron chi connectivity index (χ2n) is 4.59. The number of likely N-dealkylation sites (N-methyl/N-ethyl adjacent to an activating group) is 1. The minimum Gasteiger partial charge on any atom is -0.314 e. The van der Waals surface area contributed by atoms with E-state index in [1.165, 1.54) is 0 Å². The third-order valence-electron chi connectivity index (χ3n) is 3.65. The van der Waals surface area contributed by atoms with Gasteiger partial charge in [0, 0.05) is 30.7 Å². The van der Waals surface area contributed by atoms with Crippen LogP contribution in [-0.2, 0) is 0 Å². The summed E-state index contributed by atoms with van der Waals surface area (Å²) in [5.74, 6) is -0.0786. The van der Waals surface area contributed by atoms with Crippen molar-refractivity contribution >= 4 is 0 Å². The largest absolute Gasteiger partial charge is 0.314 e. The van der Waals surface area contributed by atoms with E-state index in [4.69, 9.17) is 0 Å². The summed E-state index contributed by atoms with van der Waals surface area (Å²) in [4.78, 5) is 2.41. The van der Waals surface area contributed by atoms with Crippen LogP contribution in [0, 0.1) is 5.82 Å². The summed E-state index contributed by atoms with van der Waals surface area (Å²) in [6, 6.07) is 7.92. The van der Waals surface area contributed by atoms with Crippen LogP contribution in [0.25, 0.3) is 0 Å². The zero-order chi connectivity index (χ0) is 12.3. The molecule has 94 valence electrons. The number of halogens is 1. The van der Waals surface area contributed by atoms with E-state index in [-0.39, 0.29) is 11.9 Å². The first kappa shape index (κ1) is 12.5. The lowest BCUT2D eigenvalue weighted by Crippen LogP contribution is -2.57. The van der Waals surface area contributed by atoms with Gasteiger partial charge in [-0.15, -0.1) is 0 Å². The number of nitrogens with one attached hydrogen (secondary N) is 1. The van der Waals surface area contributed by atoms with Gasteiger partial charge in [-0.05, 0) is 19.0 Å². The van der Waals surface area contributed by atoms with E-state index >= 15 is 0 Å². The predicted molar refractivity (Wildman–Crippen MR) is 68.5 cm³/mol. The Morgan fingerprint density at radius 1 is 1.35 bits per heavy atom. The van der Waals surface area contributed by atoms with Crippen LogP contribution in [0.5, 0.6) is 0 Å². The van der Waals surface area contributed by atoms with Gasteiger partial charge < -0.3 is 5.32 Å². The number of rotatable bonds is 5. The van der Waals surface area contributed by atoms with Crippen molar-refractivity contribution in [3.05, 3.63) is 35.6 Å². The monoisotopic (exact) mass is 236 g/mol. The molecule has 0 amide bonds. The highest BCUT2D eigenvalue weighted by atomic mass is 19.1. The zero-order valence-corrected chi connectivity index (χ0v) is 10.6. The second-order valence-corrected chi connectivity index (χ2v) is 4.59. The van der Waals surface area contributed by atoms with Crippen molar-refractivity contribution in [1.29, 1.82) is 0 Å². The molecule has 1 aliphatic heterocycles. The molecule has 1 unspecified atom stereocenters. The number of nitrogens with zero attached hydrogens (tertiary/aromatic N) is 1. The van der Waals surface area contributed by atoms with E-state index in [1.807, 2.05) is 12.1 Å². The van der Waals surface area contributed by atoms with Crippen molar-refractivity contribution in [1.82, 2.24) is 10.2 Å². The third-order valence-corrected chi connectivity index (χ3v) is 3.65. The molecular formula is C14H21FN2. The van der Waals surface area contributed by atoms with E-state index in [9.17, 15) is 4.39 Å². The molecule has 3 heteroatoms. The normalized spacial score (nSPS) is 18.1. The molecule has 0 radical (unpaired) electrons. The van der Waals surface area contributed by atoms with Gasteiger partial charge in [-0.3, -0.25) is 4.90 Å². The minimum absolute atomic E-state index is 0.0786. The Morgan fingerprint density at radius 2 is 2.06 bits per heavy atom. The van der Waals surface area contributed by atoms with Gasteiger partial charge in [0.1, 0.15) is 5.82 Å². The first-order valence-electron chi connectivity index (χ1n) is 6.48. The van der Waals surface area contributed by atoms with Gasteiger partial charge >= 0.3 is 0 Å². The molecule has 1 saturated heterocycles. The smallest absolute Gasteiger partial charge is 0.127 e. The second kappa shape index (κ2) is 5.61. The van der Waals surface area contributed by atoms with Crippen molar-refractivity contribution in [2.75, 3.05) is 19.6 Å². The van der Waals surface area contributed by atoms with Gasteiger partial charge in [0.25, 0.3) is 0 Å². The highest BCUT2D eigenvalue weighted by Gasteiger charge is 2.30. The van der Waals surface area contributed by atoms with E-state index in [0.717, 1.165) is 31.6 Å². The number of hydrogen-bond donors (Lipinski definition) is 1. The summed E-state index contributed by atoms with van der Waals surface area (Å²) in [7, 11) is 0. The lowest BCUT2D eigenvalue weighted by molar-refractivity contribution is 0.0961. The molecule has 1 aliphatic rings. The first-order valence-corrected chi connectivity index (χ1v) is 6.48. The molecule has 1 aromatic carbocycles. The third kappa shape index (κ3) is 2.50. The van der Waals surface area contributed by atoms with Gasteiger partial charge in [-0.25, -0.2) is 4.39 Å². The fourth-order valence-corrected chi connectivity index (χ4v) is 2.62. The number of benzene rings is 1. The maximum absolute atomic E-state index is 13.9. The Balaban J connectivity index is 2.22. The van der Waals surface area contributed by atoms with Crippen molar-refractivity contribution in [3.8, 4) is 0 Å². The molecule has 0 aliphatic carbocycles. The molecule has 0 aromatic heterocycles. The van der Waals surface area contributed by atoms with Crippen LogP contribution in [0.1, 0.15) is 31.9 Å². The Kier molecular flexibility index (Phi) is 4.13. The lowest BCUT2D eigenvalue weighted by Gasteiger charge is -2.42. The molecule has 0 saturated carbocycles. The van der Waals surface area contributed by atoms with Crippen LogP contribution in [0.2, 0.25) is 0 Å². The SMILES string of the molecule is CCC(c1ccccc1F)N(CC)C1CNC1. The highest BCUT2D eigenvalue weighted by Crippen LogP contribution is 2.28. The molecule has 1 N–H and O–H groups in total. The fraction of sp³-hybridized carbons (Fsp3) is 0.571. The Morgan fingerprint density at radius 3 is 2.53 bits per heavy atom. The van der Waals surface area contributed by atoms with E-state index < -0.39 is 0 Å². The topological polar surface area (TPSA) is 15.3 Å². The van der Waals surface area contributed by atoms with Gasteiger partial charge in [-0.1, -0.05) is 32.0 Å². The minimum atomic E-state index is -0.0786. The maximum Gasteiger partial charge on any atom is 0.127 e. The van der Waals surface area contributed by atoms with Gasteiger partial charge in [-0.2, -0.15) is 0 Å². The molecule has 2 nitrogen and oxygen atoms in total. The Hall–Kier alpha value is -0.930. The summed E-state index contributed by atoms with van der Waals surface area (Å²) in [5, 5.41) is 3.29. The fourth-order valence-electron chi connectivity index (χ4n) is 2.62. The summed E-state index contributed by atoms with van der Waals surface area (Å²) < 4.78 is 13.9. The zero-order valence-electron chi connectivity index (χ0n) is 10.6. The average molecular weight is 236 g/mol. The van der Waals surface area contributed by atoms with Gasteiger partial charge in [0.05, 0.1) is 0 Å². The Bertz CT molecular complexity index is 363. The van der Waals surface area contributed by atoms with Crippen LogP contribution in [0.4, 0.5) is 4.39 Å². The molecule has 17 heavy (non-hydrogen) atoms. The van der Waals surface area contributed by atoms with Crippen LogP contribution in [0.15, 0.2) is 24.3 Å². The molecule has 1 aromatic rings. The highest BCUT2D eigenvalue weighted by molar-refractivity contribution is 5.21. The maximum atomic E-state index is 13.9. The lowest BCUT2D eigenvalue weighted by atomic mass is 9.98. The van der Waals surface area contributed by atoms with Gasteiger partial charge in [0.15, 0.2) is 0 Å². The predicted octanol–water partition coefficient (Wildman–Crippen LogP) is 2.57. The summed E-state index contributed by atoms with van der Waals surface area (Å²) in [6.45, 7) is 7.31. The van der Waals surface area contributed by atoms with Crippen molar-refractivity contribution in [3.63, 3.8) is 0 Å². The van der Waals surface area contributed by atoms with Crippen molar-refractivity contribution in [2.24, 2.45) is 0 Å². The van der Waals surface area contributed by atoms with E-state index in [0.29, 0.717) is 6.04 Å². The van der Waals surface area contributed by atoms with Crippen molar-refractivity contribution < 1.29 is 4.39 Å². The molecular weight excluding hydrogens is 215 g/mol. The molecule has 0 bridgehead atoms. The summed E-state index contributed by atoms with van der Waals surface area (Å²) >= 11 is 0. The molecule has 2 rings (SSSR count). The van der Waals surface area contributed by atoms with E-state index in [2.05, 4.69) is 24.1 Å². The molecule has 1 atom stereocenters. The first-order chi connectivity index (χ1) is 8.27. The van der Waals surface area contributed by atoms with Crippen LogP contribution < -0.4 is 5.32 Å². The molecule has 1 fully saturated rings.